The van der Waals surface area contributed by atoms with Gasteiger partial charge in [0.25, 0.3) is 5.91 Å². The van der Waals surface area contributed by atoms with Gasteiger partial charge >= 0.3 is 0 Å². The number of likely N-dealkylation sites (N-methyl/N-ethyl adjacent to an activating group) is 1. The highest BCUT2D eigenvalue weighted by Gasteiger charge is 2.49. The SMILES string of the molecule is C[C@@H]1CN2c3c4c(nc5c(F)c(-c6c(O)cccc6F)c(Cl)cc35)O[C@@H]([C@@H]3CCCN3C)CN4C(=O)[C@H]2CN1. The molecule has 4 aliphatic rings. The molecule has 1 amide bonds. The van der Waals surface area contributed by atoms with E-state index in [9.17, 15) is 14.3 Å². The number of amides is 1. The van der Waals surface area contributed by atoms with Crippen molar-refractivity contribution in [3.63, 3.8) is 0 Å². The summed E-state index contributed by atoms with van der Waals surface area (Å²) in [5.41, 5.74) is 0.511. The van der Waals surface area contributed by atoms with E-state index in [0.29, 0.717) is 36.4 Å². The molecule has 0 spiro atoms. The van der Waals surface area contributed by atoms with Crippen LogP contribution in [0, 0.1) is 11.6 Å². The van der Waals surface area contributed by atoms with Crippen LogP contribution in [-0.4, -0.2) is 78.4 Å². The van der Waals surface area contributed by atoms with E-state index in [-0.39, 0.29) is 51.6 Å². The molecule has 204 valence electrons. The number of aromatic nitrogens is 1. The van der Waals surface area contributed by atoms with E-state index in [2.05, 4.69) is 15.2 Å². The Morgan fingerprint density at radius 1 is 1.21 bits per heavy atom. The number of likely N-dealkylation sites (tertiary alicyclic amines) is 1. The lowest BCUT2D eigenvalue weighted by Crippen LogP contribution is -2.66. The minimum absolute atomic E-state index is 0.0438. The van der Waals surface area contributed by atoms with Gasteiger partial charge in [0, 0.05) is 36.1 Å². The number of anilines is 2. The van der Waals surface area contributed by atoms with Crippen LogP contribution in [-0.2, 0) is 4.79 Å². The number of fused-ring (bicyclic) bond motifs is 4. The summed E-state index contributed by atoms with van der Waals surface area (Å²) in [7, 11) is 2.04. The summed E-state index contributed by atoms with van der Waals surface area (Å²) in [6, 6.07) is 5.01. The normalized spacial score (nSPS) is 26.5. The maximum Gasteiger partial charge on any atom is 0.251 e. The predicted octanol–water partition coefficient (Wildman–Crippen LogP) is 3.91. The fourth-order valence-corrected chi connectivity index (χ4v) is 6.99. The number of piperazine rings is 1. The molecular formula is C28H28ClF2N5O3. The zero-order valence-electron chi connectivity index (χ0n) is 21.5. The van der Waals surface area contributed by atoms with E-state index in [1.54, 1.807) is 11.0 Å². The van der Waals surface area contributed by atoms with Crippen LogP contribution in [0.3, 0.4) is 0 Å². The summed E-state index contributed by atoms with van der Waals surface area (Å²) < 4.78 is 37.7. The van der Waals surface area contributed by atoms with Crippen molar-refractivity contribution in [1.29, 1.82) is 0 Å². The molecule has 2 N–H and O–H groups in total. The summed E-state index contributed by atoms with van der Waals surface area (Å²) in [6.45, 7) is 4.29. The largest absolute Gasteiger partial charge is 0.507 e. The number of hydrogen-bond donors (Lipinski definition) is 2. The van der Waals surface area contributed by atoms with Gasteiger partial charge in [-0.05, 0) is 51.6 Å². The number of carbonyl (C=O) groups excluding carboxylic acids is 1. The van der Waals surface area contributed by atoms with Crippen LogP contribution in [0.5, 0.6) is 11.6 Å². The van der Waals surface area contributed by atoms with Crippen LogP contribution in [0.25, 0.3) is 22.0 Å². The first-order valence-electron chi connectivity index (χ1n) is 13.3. The monoisotopic (exact) mass is 555 g/mol. The Bertz CT molecular complexity index is 1520. The molecule has 2 aromatic carbocycles. The van der Waals surface area contributed by atoms with E-state index >= 15 is 4.39 Å². The maximum absolute atomic E-state index is 16.4. The highest BCUT2D eigenvalue weighted by Crippen LogP contribution is 2.52. The van der Waals surface area contributed by atoms with Gasteiger partial charge in [-0.1, -0.05) is 17.7 Å². The first kappa shape index (κ1) is 24.8. The van der Waals surface area contributed by atoms with Crippen molar-refractivity contribution in [2.75, 3.05) is 43.0 Å². The molecule has 8 nitrogen and oxygen atoms in total. The highest BCUT2D eigenvalue weighted by molar-refractivity contribution is 6.35. The molecule has 0 saturated carbocycles. The lowest BCUT2D eigenvalue weighted by molar-refractivity contribution is -0.121. The first-order chi connectivity index (χ1) is 18.7. The summed E-state index contributed by atoms with van der Waals surface area (Å²) in [4.78, 5) is 24.4. The lowest BCUT2D eigenvalue weighted by atomic mass is 9.95. The second-order valence-corrected chi connectivity index (χ2v) is 11.4. The number of phenols is 1. The van der Waals surface area contributed by atoms with Gasteiger partial charge in [-0.15, -0.1) is 0 Å². The number of halogens is 3. The number of nitrogens with zero attached hydrogens (tertiary/aromatic N) is 4. The van der Waals surface area contributed by atoms with Crippen LogP contribution in [0.1, 0.15) is 19.8 Å². The number of benzene rings is 2. The number of phenolic OH excluding ortho intramolecular Hbond substituents is 1. The van der Waals surface area contributed by atoms with Gasteiger partial charge in [0.05, 0.1) is 22.8 Å². The van der Waals surface area contributed by atoms with Crippen molar-refractivity contribution >= 4 is 39.8 Å². The minimum atomic E-state index is -0.858. The standard InChI is InChI=1S/C28H28ClF2N5O3/c1-13-11-35-18(10-32-13)28(38)36-12-20(17-6-4-8-34(17)2)39-27-26(36)25(35)14-9-15(29)21(23(31)24(14)33-27)22-16(30)5-3-7-19(22)37/h3,5,7,9,13,17-18,20,32,37H,4,6,8,10-12H2,1-2H3/t13-,17+,18-,20-/m1/s1. The van der Waals surface area contributed by atoms with Gasteiger partial charge in [-0.25, -0.2) is 13.8 Å². The molecular weight excluding hydrogens is 528 g/mol. The molecule has 39 heavy (non-hydrogen) atoms. The Morgan fingerprint density at radius 3 is 2.77 bits per heavy atom. The predicted molar refractivity (Wildman–Crippen MR) is 145 cm³/mol. The van der Waals surface area contributed by atoms with Crippen molar-refractivity contribution < 1.29 is 23.4 Å². The van der Waals surface area contributed by atoms with Crippen LogP contribution in [0.15, 0.2) is 24.3 Å². The number of ether oxygens (including phenoxy) is 1. The first-order valence-corrected chi connectivity index (χ1v) is 13.6. The third-order valence-corrected chi connectivity index (χ3v) is 8.87. The summed E-state index contributed by atoms with van der Waals surface area (Å²) in [5, 5.41) is 14.2. The molecule has 2 saturated heterocycles. The minimum Gasteiger partial charge on any atom is -0.507 e. The topological polar surface area (TPSA) is 81.2 Å². The molecule has 11 heteroatoms. The lowest BCUT2D eigenvalue weighted by Gasteiger charge is -2.50. The Labute approximate surface area is 229 Å². The zero-order valence-corrected chi connectivity index (χ0v) is 22.3. The Balaban J connectivity index is 1.50. The van der Waals surface area contributed by atoms with E-state index in [4.69, 9.17) is 16.3 Å². The molecule has 4 atom stereocenters. The number of aromatic hydroxyl groups is 1. The number of nitrogens with one attached hydrogen (secondary N) is 1. The molecule has 0 aliphatic carbocycles. The average molecular weight is 556 g/mol. The van der Waals surface area contributed by atoms with Gasteiger partial charge in [-0.2, -0.15) is 0 Å². The van der Waals surface area contributed by atoms with Crippen LogP contribution in [0.4, 0.5) is 20.2 Å². The van der Waals surface area contributed by atoms with Gasteiger partial charge in [0.15, 0.2) is 5.82 Å². The van der Waals surface area contributed by atoms with Crippen molar-refractivity contribution in [2.24, 2.45) is 0 Å². The van der Waals surface area contributed by atoms with E-state index in [1.807, 2.05) is 18.9 Å². The fourth-order valence-electron chi connectivity index (χ4n) is 6.70. The number of pyridine rings is 1. The van der Waals surface area contributed by atoms with Crippen LogP contribution < -0.4 is 19.9 Å². The molecule has 1 aromatic heterocycles. The summed E-state index contributed by atoms with van der Waals surface area (Å²) in [6.07, 6.45) is 1.62. The molecule has 4 aliphatic heterocycles. The van der Waals surface area contributed by atoms with E-state index in [1.165, 1.54) is 12.1 Å². The number of carbonyl (C=O) groups is 1. The quantitative estimate of drug-likeness (QED) is 0.496. The van der Waals surface area contributed by atoms with Crippen LogP contribution in [0.2, 0.25) is 5.02 Å². The molecule has 2 fully saturated rings. The molecule has 7 rings (SSSR count). The molecule has 5 heterocycles. The van der Waals surface area contributed by atoms with Crippen LogP contribution >= 0.6 is 11.6 Å². The highest BCUT2D eigenvalue weighted by atomic mass is 35.5. The van der Waals surface area contributed by atoms with Gasteiger partial charge in [-0.3, -0.25) is 9.69 Å². The third kappa shape index (κ3) is 3.61. The van der Waals surface area contributed by atoms with Crippen molar-refractivity contribution in [1.82, 2.24) is 15.2 Å². The summed E-state index contributed by atoms with van der Waals surface area (Å²) >= 11 is 6.62. The molecule has 0 bridgehead atoms. The Kier molecular flexibility index (Phi) is 5.66. The molecule has 0 radical (unpaired) electrons. The smallest absolute Gasteiger partial charge is 0.251 e. The van der Waals surface area contributed by atoms with Gasteiger partial charge in [0.2, 0.25) is 5.88 Å². The number of hydrogen-bond acceptors (Lipinski definition) is 7. The Hall–Kier alpha value is -3.21. The van der Waals surface area contributed by atoms with E-state index in [0.717, 1.165) is 25.5 Å². The maximum atomic E-state index is 16.4. The average Bonchev–Trinajstić information content (AvgIpc) is 3.33. The zero-order chi connectivity index (χ0) is 27.2. The van der Waals surface area contributed by atoms with E-state index < -0.39 is 23.4 Å². The van der Waals surface area contributed by atoms with Crippen molar-refractivity contribution in [3.8, 4) is 22.8 Å². The fraction of sp³-hybridized carbons (Fsp3) is 0.429. The second kappa shape index (κ2) is 8.90. The third-order valence-electron chi connectivity index (χ3n) is 8.58. The molecule has 3 aromatic rings. The number of rotatable bonds is 2. The van der Waals surface area contributed by atoms with Crippen molar-refractivity contribution in [3.05, 3.63) is 40.9 Å². The second-order valence-electron chi connectivity index (χ2n) is 11.0. The summed E-state index contributed by atoms with van der Waals surface area (Å²) in [5.74, 6) is -1.95. The van der Waals surface area contributed by atoms with Gasteiger partial charge in [0.1, 0.15) is 34.9 Å². The molecule has 0 unspecified atom stereocenters. The van der Waals surface area contributed by atoms with Gasteiger partial charge < -0.3 is 25.0 Å². The van der Waals surface area contributed by atoms with Crippen molar-refractivity contribution in [2.45, 2.75) is 44.0 Å². The Morgan fingerprint density at radius 2 is 2.03 bits per heavy atom.